The number of aromatic nitrogens is 4. The Balaban J connectivity index is 1.91. The summed E-state index contributed by atoms with van der Waals surface area (Å²) >= 11 is 0. The predicted molar refractivity (Wildman–Crippen MR) is 153 cm³/mol. The quantitative estimate of drug-likeness (QED) is 0.342. The van der Waals surface area contributed by atoms with Gasteiger partial charge in [-0.25, -0.2) is 27.9 Å². The van der Waals surface area contributed by atoms with Gasteiger partial charge in [0.1, 0.15) is 17.3 Å². The van der Waals surface area contributed by atoms with Crippen LogP contribution >= 0.6 is 0 Å². The average Bonchev–Trinajstić information content (AvgIpc) is 2.93. The molecule has 214 valence electrons. The number of carbonyl (C=O) groups excluding carboxylic acids is 1. The number of carbonyl (C=O) groups is 1. The van der Waals surface area contributed by atoms with Crippen LogP contribution < -0.4 is 15.9 Å². The fourth-order valence-corrected chi connectivity index (χ4v) is 5.29. The molecule has 1 aromatic carbocycles. The highest BCUT2D eigenvalue weighted by Crippen LogP contribution is 2.35. The number of nitrogens with one attached hydrogen (secondary N) is 1. The van der Waals surface area contributed by atoms with E-state index in [4.69, 9.17) is 4.74 Å². The van der Waals surface area contributed by atoms with Crippen molar-refractivity contribution in [2.45, 2.75) is 46.6 Å². The summed E-state index contributed by atoms with van der Waals surface area (Å²) in [7, 11) is 0. The van der Waals surface area contributed by atoms with E-state index < -0.39 is 29.0 Å². The molecule has 0 radical (unpaired) electrons. The number of piperazine rings is 1. The van der Waals surface area contributed by atoms with Gasteiger partial charge in [-0.2, -0.15) is 4.98 Å². The highest BCUT2D eigenvalue weighted by molar-refractivity contribution is 5.98. The number of ether oxygens (including phenoxy) is 1. The molecule has 1 atom stereocenters. The van der Waals surface area contributed by atoms with Crippen LogP contribution in [0.3, 0.4) is 0 Å². The SMILES string of the molecule is CCOC(=O)c1cccc(F)c1-c1nc2c(cc1F)c(N1CCNCC1C)nc(=O)n2-c1c(C)ccnc1C(C)C. The minimum Gasteiger partial charge on any atom is -0.462 e. The number of pyridine rings is 2. The van der Waals surface area contributed by atoms with Crippen molar-refractivity contribution in [3.8, 4) is 16.9 Å². The van der Waals surface area contributed by atoms with E-state index in [0.717, 1.165) is 11.6 Å². The third kappa shape index (κ3) is 5.06. The summed E-state index contributed by atoms with van der Waals surface area (Å²) in [6.07, 6.45) is 1.66. The summed E-state index contributed by atoms with van der Waals surface area (Å²) in [4.78, 5) is 42.2. The molecule has 0 spiro atoms. The lowest BCUT2D eigenvalue weighted by Crippen LogP contribution is -2.50. The number of benzene rings is 1. The molecular weight excluding hydrogens is 530 g/mol. The minimum atomic E-state index is -0.865. The second-order valence-corrected chi connectivity index (χ2v) is 10.4. The first-order valence-corrected chi connectivity index (χ1v) is 13.7. The smallest absolute Gasteiger partial charge is 0.355 e. The zero-order valence-corrected chi connectivity index (χ0v) is 23.7. The molecule has 0 saturated carbocycles. The zero-order valence-electron chi connectivity index (χ0n) is 23.7. The maximum atomic E-state index is 16.0. The van der Waals surface area contributed by atoms with Gasteiger partial charge < -0.3 is 15.0 Å². The van der Waals surface area contributed by atoms with Crippen LogP contribution in [-0.2, 0) is 4.74 Å². The number of halogens is 2. The largest absolute Gasteiger partial charge is 0.462 e. The Hall–Kier alpha value is -4.25. The Kier molecular flexibility index (Phi) is 7.81. The summed E-state index contributed by atoms with van der Waals surface area (Å²) in [6, 6.07) is 6.78. The first-order valence-electron chi connectivity index (χ1n) is 13.7. The Bertz CT molecular complexity index is 1700. The molecule has 1 fully saturated rings. The van der Waals surface area contributed by atoms with Gasteiger partial charge in [0.15, 0.2) is 11.5 Å². The summed E-state index contributed by atoms with van der Waals surface area (Å²) in [5.74, 6) is -2.30. The number of esters is 1. The van der Waals surface area contributed by atoms with E-state index in [9.17, 15) is 9.59 Å². The fourth-order valence-electron chi connectivity index (χ4n) is 5.29. The van der Waals surface area contributed by atoms with Gasteiger partial charge in [0, 0.05) is 31.9 Å². The Morgan fingerprint density at radius 2 is 1.98 bits per heavy atom. The van der Waals surface area contributed by atoms with Crippen LogP contribution in [0.2, 0.25) is 0 Å². The molecule has 41 heavy (non-hydrogen) atoms. The highest BCUT2D eigenvalue weighted by Gasteiger charge is 2.29. The molecule has 1 saturated heterocycles. The lowest BCUT2D eigenvalue weighted by molar-refractivity contribution is 0.0526. The molecule has 3 aromatic heterocycles. The molecule has 0 amide bonds. The maximum Gasteiger partial charge on any atom is 0.355 e. The van der Waals surface area contributed by atoms with E-state index in [0.29, 0.717) is 36.8 Å². The summed E-state index contributed by atoms with van der Waals surface area (Å²) in [6.45, 7) is 11.2. The number of hydrogen-bond donors (Lipinski definition) is 1. The van der Waals surface area contributed by atoms with Crippen LogP contribution in [0.25, 0.3) is 28.0 Å². The van der Waals surface area contributed by atoms with E-state index in [1.54, 1.807) is 19.2 Å². The molecule has 9 nitrogen and oxygen atoms in total. The van der Waals surface area contributed by atoms with Gasteiger partial charge in [-0.15, -0.1) is 0 Å². The topological polar surface area (TPSA) is 102 Å². The maximum absolute atomic E-state index is 16.0. The van der Waals surface area contributed by atoms with E-state index in [1.807, 2.05) is 32.6 Å². The van der Waals surface area contributed by atoms with Gasteiger partial charge in [0.2, 0.25) is 0 Å². The predicted octanol–water partition coefficient (Wildman–Crippen LogP) is 4.53. The molecule has 1 N–H and O–H groups in total. The van der Waals surface area contributed by atoms with Crippen molar-refractivity contribution in [3.63, 3.8) is 0 Å². The summed E-state index contributed by atoms with van der Waals surface area (Å²) in [5, 5.41) is 3.58. The number of anilines is 1. The second kappa shape index (κ2) is 11.3. The molecule has 11 heteroatoms. The molecule has 1 unspecified atom stereocenters. The van der Waals surface area contributed by atoms with Gasteiger partial charge in [0.05, 0.1) is 34.5 Å². The van der Waals surface area contributed by atoms with Crippen molar-refractivity contribution < 1.29 is 18.3 Å². The molecule has 1 aliphatic rings. The highest BCUT2D eigenvalue weighted by atomic mass is 19.1. The van der Waals surface area contributed by atoms with Gasteiger partial charge >= 0.3 is 11.7 Å². The minimum absolute atomic E-state index is 0.0363. The van der Waals surface area contributed by atoms with E-state index >= 15 is 8.78 Å². The van der Waals surface area contributed by atoms with Crippen LogP contribution in [-0.4, -0.2) is 57.8 Å². The molecule has 1 aliphatic heterocycles. The van der Waals surface area contributed by atoms with Gasteiger partial charge in [-0.05, 0) is 56.5 Å². The van der Waals surface area contributed by atoms with E-state index in [2.05, 4.69) is 20.3 Å². The molecule has 5 rings (SSSR count). The fraction of sp³-hybridized carbons (Fsp3) is 0.367. The first kappa shape index (κ1) is 28.3. The van der Waals surface area contributed by atoms with Crippen LogP contribution in [0.1, 0.15) is 55.2 Å². The van der Waals surface area contributed by atoms with Crippen molar-refractivity contribution in [1.82, 2.24) is 24.8 Å². The molecule has 0 bridgehead atoms. The van der Waals surface area contributed by atoms with Gasteiger partial charge in [-0.1, -0.05) is 19.9 Å². The van der Waals surface area contributed by atoms with Crippen molar-refractivity contribution in [1.29, 1.82) is 0 Å². The molecular formula is C30H32F2N6O3. The number of rotatable bonds is 6. The Morgan fingerprint density at radius 1 is 1.20 bits per heavy atom. The van der Waals surface area contributed by atoms with Crippen LogP contribution in [0.5, 0.6) is 0 Å². The third-order valence-corrected chi connectivity index (χ3v) is 7.25. The number of fused-ring (bicyclic) bond motifs is 1. The molecule has 0 aliphatic carbocycles. The van der Waals surface area contributed by atoms with Crippen molar-refractivity contribution in [2.24, 2.45) is 0 Å². The zero-order chi connectivity index (χ0) is 29.4. The van der Waals surface area contributed by atoms with Crippen molar-refractivity contribution >= 4 is 22.8 Å². The lowest BCUT2D eigenvalue weighted by atomic mass is 10.0. The summed E-state index contributed by atoms with van der Waals surface area (Å²) in [5.41, 5.74) is 0.382. The van der Waals surface area contributed by atoms with Crippen LogP contribution in [0.15, 0.2) is 41.3 Å². The van der Waals surface area contributed by atoms with Gasteiger partial charge in [-0.3, -0.25) is 4.98 Å². The Morgan fingerprint density at radius 3 is 2.68 bits per heavy atom. The lowest BCUT2D eigenvalue weighted by Gasteiger charge is -2.35. The average molecular weight is 563 g/mol. The molecule has 4 aromatic rings. The van der Waals surface area contributed by atoms with Gasteiger partial charge in [0.25, 0.3) is 0 Å². The van der Waals surface area contributed by atoms with Crippen LogP contribution in [0.4, 0.5) is 14.6 Å². The number of nitrogens with zero attached hydrogens (tertiary/aromatic N) is 5. The van der Waals surface area contributed by atoms with Crippen molar-refractivity contribution in [2.75, 3.05) is 31.1 Å². The molecule has 4 heterocycles. The van der Waals surface area contributed by atoms with Crippen molar-refractivity contribution in [3.05, 3.63) is 75.5 Å². The number of hydrogen-bond acceptors (Lipinski definition) is 8. The van der Waals surface area contributed by atoms with E-state index in [1.165, 1.54) is 22.8 Å². The third-order valence-electron chi connectivity index (χ3n) is 7.25. The Labute approximate surface area is 236 Å². The monoisotopic (exact) mass is 562 g/mol. The first-order chi connectivity index (χ1) is 19.6. The number of aryl methyl sites for hydroxylation is 1. The van der Waals surface area contributed by atoms with Crippen LogP contribution in [0, 0.1) is 18.6 Å². The second-order valence-electron chi connectivity index (χ2n) is 10.4. The standard InChI is InChI=1S/C30H32F2N6O3/c1-6-41-29(39)19-8-7-9-21(31)23(19)25-22(32)14-20-27(37-13-12-33-15-18(37)5)36-30(40)38(28(20)35-25)26-17(4)10-11-34-24(26)16(2)3/h7-11,14,16,18,33H,6,12-13,15H2,1-5H3. The summed E-state index contributed by atoms with van der Waals surface area (Å²) < 4.78 is 37.8. The van der Waals surface area contributed by atoms with E-state index in [-0.39, 0.29) is 40.7 Å². The normalized spacial score (nSPS) is 15.5.